The Morgan fingerprint density at radius 1 is 1.26 bits per heavy atom. The predicted octanol–water partition coefficient (Wildman–Crippen LogP) is 2.47. The first kappa shape index (κ1) is 14.5. The van der Waals surface area contributed by atoms with Crippen LogP contribution in [-0.4, -0.2) is 31.6 Å². The summed E-state index contributed by atoms with van der Waals surface area (Å²) in [6.45, 7) is 0. The molecule has 0 unspecified atom stereocenters. The van der Waals surface area contributed by atoms with Crippen molar-refractivity contribution >= 4 is 27.4 Å². The van der Waals surface area contributed by atoms with Crippen molar-refractivity contribution in [3.63, 3.8) is 0 Å². The van der Waals surface area contributed by atoms with Crippen molar-refractivity contribution in [2.75, 3.05) is 7.05 Å². The monoisotopic (exact) mass is 301 g/mol. The maximum atomic E-state index is 12.4. The lowest BCUT2D eigenvalue weighted by molar-refractivity contribution is -0.120. The number of ketones is 1. The number of hydrogen-bond acceptors (Lipinski definition) is 3. The molecule has 0 bridgehead atoms. The lowest BCUT2D eigenvalue weighted by Crippen LogP contribution is -2.39. The van der Waals surface area contributed by atoms with Gasteiger partial charge in [-0.15, -0.1) is 0 Å². The molecule has 4 nitrogen and oxygen atoms in total. The highest BCUT2D eigenvalue weighted by Gasteiger charge is 2.30. The average molecular weight is 302 g/mol. The van der Waals surface area contributed by atoms with E-state index in [-0.39, 0.29) is 16.7 Å². The third-order valence-electron chi connectivity index (χ3n) is 3.50. The standard InChI is InChI=1S/C13H16ClNO3S/c1-15(11-5-7-12(16)8-6-11)19(17,18)13-4-2-3-10(14)9-13/h2-4,9,11H,5-8H2,1H3. The van der Waals surface area contributed by atoms with E-state index in [1.165, 1.54) is 16.4 Å². The second-order valence-corrected chi connectivity index (χ2v) is 7.18. The minimum absolute atomic E-state index is 0.110. The molecule has 1 aliphatic rings. The van der Waals surface area contributed by atoms with Crippen LogP contribution in [0.5, 0.6) is 0 Å². The highest BCUT2D eigenvalue weighted by Crippen LogP contribution is 2.26. The first-order valence-electron chi connectivity index (χ1n) is 6.16. The van der Waals surface area contributed by atoms with Crippen LogP contribution < -0.4 is 0 Å². The Balaban J connectivity index is 2.22. The molecule has 1 aliphatic carbocycles. The Kier molecular flexibility index (Phi) is 4.28. The van der Waals surface area contributed by atoms with E-state index in [1.807, 2.05) is 0 Å². The molecular weight excluding hydrogens is 286 g/mol. The molecule has 104 valence electrons. The van der Waals surface area contributed by atoms with Gasteiger partial charge in [0, 0.05) is 31.0 Å². The minimum Gasteiger partial charge on any atom is -0.300 e. The molecule has 0 aromatic heterocycles. The molecule has 2 rings (SSSR count). The third-order valence-corrected chi connectivity index (χ3v) is 5.64. The number of Topliss-reactive ketones (excluding diaryl/α,β-unsaturated/α-hetero) is 1. The van der Waals surface area contributed by atoms with Crippen molar-refractivity contribution in [2.45, 2.75) is 36.6 Å². The number of nitrogens with zero attached hydrogens (tertiary/aromatic N) is 1. The van der Waals surface area contributed by atoms with Gasteiger partial charge < -0.3 is 0 Å². The van der Waals surface area contributed by atoms with Crippen molar-refractivity contribution < 1.29 is 13.2 Å². The van der Waals surface area contributed by atoms with Crippen LogP contribution in [0.15, 0.2) is 29.2 Å². The SMILES string of the molecule is CN(C1CCC(=O)CC1)S(=O)(=O)c1cccc(Cl)c1. The lowest BCUT2D eigenvalue weighted by Gasteiger charge is -2.29. The predicted molar refractivity (Wildman–Crippen MR) is 73.7 cm³/mol. The van der Waals surface area contributed by atoms with Gasteiger partial charge in [-0.05, 0) is 31.0 Å². The molecule has 0 radical (unpaired) electrons. The largest absolute Gasteiger partial charge is 0.300 e. The molecule has 0 saturated heterocycles. The Bertz CT molecular complexity index is 575. The van der Waals surface area contributed by atoms with Gasteiger partial charge in [-0.3, -0.25) is 4.79 Å². The van der Waals surface area contributed by atoms with Crippen LogP contribution in [0.2, 0.25) is 5.02 Å². The van der Waals surface area contributed by atoms with Crippen LogP contribution in [0, 0.1) is 0 Å². The lowest BCUT2D eigenvalue weighted by atomic mass is 9.95. The zero-order valence-corrected chi connectivity index (χ0v) is 12.2. The summed E-state index contributed by atoms with van der Waals surface area (Å²) in [4.78, 5) is 11.4. The highest BCUT2D eigenvalue weighted by atomic mass is 35.5. The third kappa shape index (κ3) is 3.16. The Morgan fingerprint density at radius 3 is 2.47 bits per heavy atom. The highest BCUT2D eigenvalue weighted by molar-refractivity contribution is 7.89. The van der Waals surface area contributed by atoms with E-state index in [1.54, 1.807) is 19.2 Å². The van der Waals surface area contributed by atoms with Gasteiger partial charge in [0.15, 0.2) is 0 Å². The molecule has 1 aromatic rings. The van der Waals surface area contributed by atoms with Gasteiger partial charge in [0.05, 0.1) is 4.90 Å². The molecule has 0 spiro atoms. The van der Waals surface area contributed by atoms with E-state index in [4.69, 9.17) is 11.6 Å². The maximum Gasteiger partial charge on any atom is 0.243 e. The number of carbonyl (C=O) groups excluding carboxylic acids is 1. The number of benzene rings is 1. The number of hydrogen-bond donors (Lipinski definition) is 0. The van der Waals surface area contributed by atoms with E-state index in [0.717, 1.165) is 0 Å². The topological polar surface area (TPSA) is 54.5 Å². The molecule has 0 heterocycles. The summed E-state index contributed by atoms with van der Waals surface area (Å²) in [5, 5.41) is 0.397. The molecule has 0 N–H and O–H groups in total. The van der Waals surface area contributed by atoms with Crippen LogP contribution in [-0.2, 0) is 14.8 Å². The number of sulfonamides is 1. The van der Waals surface area contributed by atoms with E-state index in [2.05, 4.69) is 0 Å². The molecule has 19 heavy (non-hydrogen) atoms. The van der Waals surface area contributed by atoms with Crippen LogP contribution in [0.3, 0.4) is 0 Å². The molecule has 6 heteroatoms. The van der Waals surface area contributed by atoms with Crippen molar-refractivity contribution in [3.8, 4) is 0 Å². The molecule has 0 amide bonds. The summed E-state index contributed by atoms with van der Waals surface area (Å²) in [5.41, 5.74) is 0. The van der Waals surface area contributed by atoms with Crippen LogP contribution in [0.25, 0.3) is 0 Å². The summed E-state index contributed by atoms with van der Waals surface area (Å²) >= 11 is 5.83. The zero-order valence-electron chi connectivity index (χ0n) is 10.7. The van der Waals surface area contributed by atoms with Gasteiger partial charge >= 0.3 is 0 Å². The molecule has 1 fully saturated rings. The molecule has 1 aromatic carbocycles. The molecular formula is C13H16ClNO3S. The summed E-state index contributed by atoms with van der Waals surface area (Å²) in [6, 6.07) is 6.13. The summed E-state index contributed by atoms with van der Waals surface area (Å²) in [5.74, 6) is 0.213. The summed E-state index contributed by atoms with van der Waals surface area (Å²) in [7, 11) is -1.97. The van der Waals surface area contributed by atoms with Crippen LogP contribution in [0.1, 0.15) is 25.7 Å². The number of carbonyl (C=O) groups is 1. The fourth-order valence-electron chi connectivity index (χ4n) is 2.28. The van der Waals surface area contributed by atoms with Gasteiger partial charge in [0.2, 0.25) is 10.0 Å². The number of rotatable bonds is 3. The normalized spacial score (nSPS) is 17.9. The van der Waals surface area contributed by atoms with Crippen LogP contribution in [0.4, 0.5) is 0 Å². The Morgan fingerprint density at radius 2 is 1.89 bits per heavy atom. The molecule has 0 aliphatic heterocycles. The van der Waals surface area contributed by atoms with Gasteiger partial charge in [-0.1, -0.05) is 17.7 Å². The van der Waals surface area contributed by atoms with Crippen molar-refractivity contribution in [2.24, 2.45) is 0 Å². The molecule has 0 atom stereocenters. The van der Waals surface area contributed by atoms with Crippen LogP contribution >= 0.6 is 11.6 Å². The van der Waals surface area contributed by atoms with E-state index >= 15 is 0 Å². The van der Waals surface area contributed by atoms with Crippen molar-refractivity contribution in [3.05, 3.63) is 29.3 Å². The molecule has 1 saturated carbocycles. The maximum absolute atomic E-state index is 12.4. The fraction of sp³-hybridized carbons (Fsp3) is 0.462. The first-order chi connectivity index (χ1) is 8.91. The summed E-state index contributed by atoms with van der Waals surface area (Å²) in [6.07, 6.45) is 2.10. The van der Waals surface area contributed by atoms with E-state index in [0.29, 0.717) is 30.7 Å². The quantitative estimate of drug-likeness (QED) is 0.862. The smallest absolute Gasteiger partial charge is 0.243 e. The Hall–Kier alpha value is -0.910. The van der Waals surface area contributed by atoms with Crippen molar-refractivity contribution in [1.82, 2.24) is 4.31 Å². The van der Waals surface area contributed by atoms with Gasteiger partial charge in [0.1, 0.15) is 5.78 Å². The summed E-state index contributed by atoms with van der Waals surface area (Å²) < 4.78 is 26.3. The Labute approximate surface area is 118 Å². The van der Waals surface area contributed by atoms with Gasteiger partial charge in [-0.2, -0.15) is 4.31 Å². The average Bonchev–Trinajstić information content (AvgIpc) is 2.39. The number of halogens is 1. The second kappa shape index (κ2) is 5.61. The minimum atomic E-state index is -3.54. The first-order valence-corrected chi connectivity index (χ1v) is 7.98. The second-order valence-electron chi connectivity index (χ2n) is 4.75. The van der Waals surface area contributed by atoms with Gasteiger partial charge in [0.25, 0.3) is 0 Å². The zero-order chi connectivity index (χ0) is 14.0. The van der Waals surface area contributed by atoms with Crippen molar-refractivity contribution in [1.29, 1.82) is 0 Å². The van der Waals surface area contributed by atoms with E-state index in [9.17, 15) is 13.2 Å². The van der Waals surface area contributed by atoms with Gasteiger partial charge in [-0.25, -0.2) is 8.42 Å². The van der Waals surface area contributed by atoms with E-state index < -0.39 is 10.0 Å². The fourth-order valence-corrected chi connectivity index (χ4v) is 4.00.